The summed E-state index contributed by atoms with van der Waals surface area (Å²) in [6, 6.07) is 9.23. The maximum atomic E-state index is 10.6. The summed E-state index contributed by atoms with van der Waals surface area (Å²) in [6.45, 7) is 1.56. The van der Waals surface area contributed by atoms with Gasteiger partial charge in [-0.05, 0) is 6.92 Å². The van der Waals surface area contributed by atoms with Gasteiger partial charge in [-0.2, -0.15) is 0 Å². The average Bonchev–Trinajstić information content (AvgIpc) is 2.07. The molecule has 0 aromatic heterocycles. The number of rotatable bonds is 1. The standard InChI is InChI=1S/C8H8O.2HI.Zn/c1-7(9)8-5-3-2-4-6-8;;;/h2-6H,1H3;2*1H;/q;;;+2/p-2. The molecule has 0 radical (unpaired) electrons. The first-order valence-corrected chi connectivity index (χ1v) is 21.5. The zero-order valence-electron chi connectivity index (χ0n) is 6.76. The molecule has 0 bridgehead atoms. The molecule has 0 amide bonds. The van der Waals surface area contributed by atoms with Gasteiger partial charge in [-0.25, -0.2) is 0 Å². The molecule has 0 saturated carbocycles. The van der Waals surface area contributed by atoms with Gasteiger partial charge in [0.2, 0.25) is 0 Å². The fraction of sp³-hybridized carbons (Fsp3) is 0.125. The minimum atomic E-state index is 0.0650. The van der Waals surface area contributed by atoms with Crippen molar-refractivity contribution in [2.24, 2.45) is 0 Å². The molecule has 0 fully saturated rings. The van der Waals surface area contributed by atoms with Crippen LogP contribution in [0.25, 0.3) is 0 Å². The van der Waals surface area contributed by atoms with E-state index in [0.717, 1.165) is 5.56 Å². The number of hydrogen-bond acceptors (Lipinski definition) is 1. The van der Waals surface area contributed by atoms with Gasteiger partial charge in [-0.3, -0.25) is 4.79 Å². The zero-order valence-corrected chi connectivity index (χ0v) is 14.0. The second-order valence-corrected chi connectivity index (χ2v) is 25.5. The normalized spacial score (nSPS) is 7.58. The maximum absolute atomic E-state index is 10.6. The molecular formula is C8H8I2OZn. The van der Waals surface area contributed by atoms with Gasteiger partial charge in [0.25, 0.3) is 0 Å². The van der Waals surface area contributed by atoms with Gasteiger partial charge in [-0.1, -0.05) is 30.3 Å². The molecular weight excluding hydrogens is 431 g/mol. The summed E-state index contributed by atoms with van der Waals surface area (Å²) < 4.78 is 0. The molecule has 0 spiro atoms. The summed E-state index contributed by atoms with van der Waals surface area (Å²) >= 11 is 4.93. The molecule has 0 atom stereocenters. The van der Waals surface area contributed by atoms with Gasteiger partial charge in [0.15, 0.2) is 5.78 Å². The van der Waals surface area contributed by atoms with Gasteiger partial charge >= 0.3 is 49.6 Å². The summed E-state index contributed by atoms with van der Waals surface area (Å²) in [6.07, 6.45) is 0. The Hall–Kier alpha value is 0.973. The predicted molar refractivity (Wildman–Crippen MR) is 64.5 cm³/mol. The van der Waals surface area contributed by atoms with Crippen LogP contribution in [0.2, 0.25) is 0 Å². The molecule has 0 aliphatic heterocycles. The molecule has 12 heavy (non-hydrogen) atoms. The van der Waals surface area contributed by atoms with E-state index in [1.165, 1.54) is 0 Å². The fourth-order valence-electron chi connectivity index (χ4n) is 0.673. The zero-order chi connectivity index (χ0) is 9.40. The van der Waals surface area contributed by atoms with Crippen LogP contribution in [0, 0.1) is 0 Å². The molecule has 0 heterocycles. The van der Waals surface area contributed by atoms with Gasteiger partial charge < -0.3 is 0 Å². The van der Waals surface area contributed by atoms with Crippen LogP contribution in [0.1, 0.15) is 17.3 Å². The molecule has 0 saturated heterocycles. The number of Topliss-reactive ketones (excluding diaryl/α,β-unsaturated/α-hetero) is 1. The van der Waals surface area contributed by atoms with E-state index < -0.39 is 0 Å². The Morgan fingerprint density at radius 1 is 1.25 bits per heavy atom. The van der Waals surface area contributed by atoms with Crippen molar-refractivity contribution in [1.82, 2.24) is 0 Å². The summed E-state index contributed by atoms with van der Waals surface area (Å²) in [5, 5.41) is 0. The third-order valence-corrected chi connectivity index (χ3v) is 1.18. The van der Waals surface area contributed by atoms with E-state index in [9.17, 15) is 4.79 Å². The third-order valence-electron chi connectivity index (χ3n) is 1.18. The van der Waals surface area contributed by atoms with E-state index in [0.29, 0.717) is 0 Å². The van der Waals surface area contributed by atoms with Gasteiger partial charge in [-0.15, -0.1) is 0 Å². The molecule has 1 aromatic rings. The monoisotopic (exact) mass is 438 g/mol. The quantitative estimate of drug-likeness (QED) is 0.371. The first-order chi connectivity index (χ1) is 5.72. The molecule has 0 unspecified atom stereocenters. The summed E-state index contributed by atoms with van der Waals surface area (Å²) in [5.74, 6) is 0.121. The molecule has 1 nitrogen and oxygen atoms in total. The summed E-state index contributed by atoms with van der Waals surface area (Å²) in [4.78, 5) is 10.6. The van der Waals surface area contributed by atoms with E-state index in [1.807, 2.05) is 30.3 Å². The predicted octanol–water partition coefficient (Wildman–Crippen LogP) is 3.66. The Bertz CT molecular complexity index is 226. The van der Waals surface area contributed by atoms with Crippen molar-refractivity contribution in [3.8, 4) is 0 Å². The molecule has 1 aromatic carbocycles. The van der Waals surface area contributed by atoms with Crippen LogP contribution in [-0.2, 0) is 10.1 Å². The van der Waals surface area contributed by atoms with Crippen LogP contribution in [0.15, 0.2) is 30.3 Å². The van der Waals surface area contributed by atoms with Crippen LogP contribution >= 0.6 is 39.5 Å². The number of halogens is 2. The molecule has 4 heteroatoms. The first kappa shape index (κ1) is 13.0. The molecule has 62 valence electrons. The second-order valence-electron chi connectivity index (χ2n) is 2.02. The van der Waals surface area contributed by atoms with E-state index in [4.69, 9.17) is 0 Å². The number of ketones is 1. The van der Waals surface area contributed by atoms with E-state index in [2.05, 4.69) is 39.5 Å². The van der Waals surface area contributed by atoms with Gasteiger partial charge in [0.1, 0.15) is 0 Å². The first-order valence-electron chi connectivity index (χ1n) is 3.40. The van der Waals surface area contributed by atoms with Crippen LogP contribution in [0.3, 0.4) is 0 Å². The minimum absolute atomic E-state index is 0.0650. The van der Waals surface area contributed by atoms with Crippen molar-refractivity contribution in [1.29, 1.82) is 0 Å². The van der Waals surface area contributed by atoms with Crippen LogP contribution in [-0.4, -0.2) is 5.78 Å². The Morgan fingerprint density at radius 2 is 1.67 bits per heavy atom. The Morgan fingerprint density at radius 3 is 1.92 bits per heavy atom. The SMILES string of the molecule is CC(=O)c1ccccc1.[I][Zn][I]. The Balaban J connectivity index is 0.000000354. The summed E-state index contributed by atoms with van der Waals surface area (Å²) in [7, 11) is 0.0650. The Labute approximate surface area is 102 Å². The van der Waals surface area contributed by atoms with Crippen molar-refractivity contribution in [3.63, 3.8) is 0 Å². The summed E-state index contributed by atoms with van der Waals surface area (Å²) in [5.41, 5.74) is 0.775. The van der Waals surface area contributed by atoms with E-state index >= 15 is 0 Å². The number of carbonyl (C=O) groups is 1. The van der Waals surface area contributed by atoms with Crippen molar-refractivity contribution in [2.75, 3.05) is 0 Å². The van der Waals surface area contributed by atoms with Crippen molar-refractivity contribution in [3.05, 3.63) is 35.9 Å². The van der Waals surface area contributed by atoms with E-state index in [1.54, 1.807) is 6.92 Å². The van der Waals surface area contributed by atoms with Crippen LogP contribution in [0.4, 0.5) is 0 Å². The number of benzene rings is 1. The van der Waals surface area contributed by atoms with Crippen molar-refractivity contribution in [2.45, 2.75) is 6.92 Å². The molecule has 0 N–H and O–H groups in total. The van der Waals surface area contributed by atoms with Crippen molar-refractivity contribution < 1.29 is 14.9 Å². The van der Waals surface area contributed by atoms with E-state index in [-0.39, 0.29) is 15.9 Å². The number of carbonyl (C=O) groups excluding carboxylic acids is 1. The molecule has 0 aliphatic carbocycles. The van der Waals surface area contributed by atoms with Gasteiger partial charge in [0.05, 0.1) is 0 Å². The topological polar surface area (TPSA) is 17.1 Å². The average molecular weight is 439 g/mol. The van der Waals surface area contributed by atoms with Gasteiger partial charge in [0, 0.05) is 5.56 Å². The second kappa shape index (κ2) is 8.57. The van der Waals surface area contributed by atoms with Crippen LogP contribution < -0.4 is 0 Å². The molecule has 1 rings (SSSR count). The third kappa shape index (κ3) is 6.49. The van der Waals surface area contributed by atoms with Crippen molar-refractivity contribution >= 4 is 45.3 Å². The fourth-order valence-corrected chi connectivity index (χ4v) is 0.673. The molecule has 0 aliphatic rings. The Kier molecular flexibility index (Phi) is 9.26. The van der Waals surface area contributed by atoms with Crippen LogP contribution in [0.5, 0.6) is 0 Å². The number of hydrogen-bond donors (Lipinski definition) is 0.